The summed E-state index contributed by atoms with van der Waals surface area (Å²) < 4.78 is 40.7. The second-order valence-electron chi connectivity index (χ2n) is 2.87. The highest BCUT2D eigenvalue weighted by molar-refractivity contribution is 6.65. The van der Waals surface area contributed by atoms with Gasteiger partial charge in [0.2, 0.25) is 0 Å². The molecule has 0 fully saturated rings. The van der Waals surface area contributed by atoms with Gasteiger partial charge in [-0.05, 0) is 23.8 Å². The highest BCUT2D eigenvalue weighted by Crippen LogP contribution is 2.24. The van der Waals surface area contributed by atoms with Crippen molar-refractivity contribution in [3.05, 3.63) is 34.8 Å². The van der Waals surface area contributed by atoms with E-state index < -0.39 is 6.98 Å². The molecule has 1 nitrogen and oxygen atoms in total. The van der Waals surface area contributed by atoms with Crippen LogP contribution in [0.15, 0.2) is 24.2 Å². The molecule has 0 heterocycles. The Kier molecular flexibility index (Phi) is 3.69. The van der Waals surface area contributed by atoms with Gasteiger partial charge in [0.15, 0.2) is 0 Å². The van der Waals surface area contributed by atoms with Gasteiger partial charge in [0, 0.05) is 5.02 Å². The van der Waals surface area contributed by atoms with E-state index in [1.165, 1.54) is 19.2 Å². The molecule has 6 heteroatoms. The molecule has 0 spiro atoms. The zero-order chi connectivity index (χ0) is 11.5. The van der Waals surface area contributed by atoms with Crippen molar-refractivity contribution in [2.75, 3.05) is 7.11 Å². The lowest BCUT2D eigenvalue weighted by molar-refractivity contribution is 0.414. The Bertz CT molecular complexity index is 376. The first-order valence-corrected chi connectivity index (χ1v) is 4.53. The number of ether oxygens (including phenoxy) is 1. The zero-order valence-corrected chi connectivity index (χ0v) is 8.64. The van der Waals surface area contributed by atoms with Crippen molar-refractivity contribution in [3.8, 4) is 5.75 Å². The maximum Gasteiger partial charge on any atom is 0.502 e. The minimum absolute atomic E-state index is 0.195. The second kappa shape index (κ2) is 4.62. The average molecular weight is 235 g/mol. The molecule has 0 unspecified atom stereocenters. The molecule has 0 aliphatic carbocycles. The Labute approximate surface area is 90.6 Å². The maximum atomic E-state index is 12.0. The summed E-state index contributed by atoms with van der Waals surface area (Å²) in [6.07, 6.45) is 0.935. The lowest BCUT2D eigenvalue weighted by Gasteiger charge is -2.07. The van der Waals surface area contributed by atoms with E-state index in [-0.39, 0.29) is 16.6 Å². The van der Waals surface area contributed by atoms with Crippen LogP contribution in [-0.2, 0) is 0 Å². The van der Waals surface area contributed by atoms with Crippen LogP contribution in [0.25, 0.3) is 6.08 Å². The van der Waals surface area contributed by atoms with E-state index in [0.29, 0.717) is 5.75 Å². The third-order valence-corrected chi connectivity index (χ3v) is 2.04. The second-order valence-corrected chi connectivity index (χ2v) is 3.28. The largest absolute Gasteiger partial charge is 0.502 e. The monoisotopic (exact) mass is 235 g/mol. The third kappa shape index (κ3) is 3.87. The van der Waals surface area contributed by atoms with Gasteiger partial charge in [-0.25, -0.2) is 0 Å². The molecule has 0 aliphatic rings. The van der Waals surface area contributed by atoms with Crippen molar-refractivity contribution < 1.29 is 17.7 Å². The third-order valence-electron chi connectivity index (χ3n) is 1.70. The van der Waals surface area contributed by atoms with Crippen LogP contribution in [-0.4, -0.2) is 14.1 Å². The Morgan fingerprint density at radius 1 is 1.33 bits per heavy atom. The summed E-state index contributed by atoms with van der Waals surface area (Å²) in [7, 11) is 1.43. The summed E-state index contributed by atoms with van der Waals surface area (Å²) in [5, 5.41) is 0.257. The van der Waals surface area contributed by atoms with Crippen LogP contribution in [0.1, 0.15) is 5.56 Å². The minimum Gasteiger partial charge on any atom is -0.497 e. The Morgan fingerprint density at radius 3 is 2.53 bits per heavy atom. The standard InChI is InChI=1S/C9H8BClF3O/c1-15-8-2-3-9(11)7(6-8)4-5-10(12,13)14/h2-6H,1H3/q-1/b5-4+. The summed E-state index contributed by atoms with van der Waals surface area (Å²) >= 11 is 5.71. The minimum atomic E-state index is -4.94. The van der Waals surface area contributed by atoms with Crippen molar-refractivity contribution >= 4 is 24.7 Å². The van der Waals surface area contributed by atoms with Crippen molar-refractivity contribution in [1.29, 1.82) is 0 Å². The Balaban J connectivity index is 2.98. The summed E-state index contributed by atoms with van der Waals surface area (Å²) in [6.45, 7) is -4.94. The van der Waals surface area contributed by atoms with Crippen molar-refractivity contribution in [1.82, 2.24) is 0 Å². The number of benzene rings is 1. The van der Waals surface area contributed by atoms with E-state index in [0.717, 1.165) is 6.08 Å². The van der Waals surface area contributed by atoms with Crippen LogP contribution in [0.5, 0.6) is 5.75 Å². The van der Waals surface area contributed by atoms with Gasteiger partial charge in [0.25, 0.3) is 0 Å². The maximum absolute atomic E-state index is 12.0. The highest BCUT2D eigenvalue weighted by atomic mass is 35.5. The van der Waals surface area contributed by atoms with Crippen molar-refractivity contribution in [3.63, 3.8) is 0 Å². The Hall–Kier alpha value is -1.10. The van der Waals surface area contributed by atoms with Crippen LogP contribution >= 0.6 is 11.6 Å². The fourth-order valence-electron chi connectivity index (χ4n) is 0.989. The Morgan fingerprint density at radius 2 is 2.00 bits per heavy atom. The lowest BCUT2D eigenvalue weighted by atomic mass is 9.90. The predicted molar refractivity (Wildman–Crippen MR) is 56.1 cm³/mol. The van der Waals surface area contributed by atoms with E-state index in [1.807, 2.05) is 0 Å². The molecule has 1 aromatic carbocycles. The molecule has 0 bridgehead atoms. The molecule has 0 saturated heterocycles. The molecule has 82 valence electrons. The van der Waals surface area contributed by atoms with Crippen LogP contribution in [0.3, 0.4) is 0 Å². The van der Waals surface area contributed by atoms with Crippen LogP contribution < -0.4 is 4.74 Å². The van der Waals surface area contributed by atoms with Crippen molar-refractivity contribution in [2.45, 2.75) is 0 Å². The van der Waals surface area contributed by atoms with Gasteiger partial charge in [-0.3, -0.25) is 0 Å². The zero-order valence-electron chi connectivity index (χ0n) is 7.88. The molecular weight excluding hydrogens is 227 g/mol. The molecule has 0 atom stereocenters. The number of hydrogen-bond donors (Lipinski definition) is 0. The van der Waals surface area contributed by atoms with E-state index in [1.54, 1.807) is 6.07 Å². The molecule has 15 heavy (non-hydrogen) atoms. The normalized spacial score (nSPS) is 12.1. The van der Waals surface area contributed by atoms with Gasteiger partial charge in [0.05, 0.1) is 7.11 Å². The molecule has 0 aliphatic heterocycles. The van der Waals surface area contributed by atoms with E-state index in [9.17, 15) is 12.9 Å². The van der Waals surface area contributed by atoms with Gasteiger partial charge >= 0.3 is 6.98 Å². The van der Waals surface area contributed by atoms with E-state index in [2.05, 4.69) is 0 Å². The quantitative estimate of drug-likeness (QED) is 0.725. The van der Waals surface area contributed by atoms with Crippen LogP contribution in [0.2, 0.25) is 5.02 Å². The first-order valence-electron chi connectivity index (χ1n) is 4.15. The number of methoxy groups -OCH3 is 1. The highest BCUT2D eigenvalue weighted by Gasteiger charge is 2.17. The molecule has 1 aromatic rings. The average Bonchev–Trinajstić information content (AvgIpc) is 2.15. The number of hydrogen-bond acceptors (Lipinski definition) is 1. The lowest BCUT2D eigenvalue weighted by Crippen LogP contribution is -2.09. The molecule has 1 rings (SSSR count). The molecule has 0 radical (unpaired) electrons. The summed E-state index contributed by atoms with van der Waals surface area (Å²) in [4.78, 5) is 0. The summed E-state index contributed by atoms with van der Waals surface area (Å²) in [6, 6.07) is 4.52. The first kappa shape index (κ1) is 12.0. The predicted octanol–water partition coefficient (Wildman–Crippen LogP) is 3.75. The van der Waals surface area contributed by atoms with E-state index >= 15 is 0 Å². The molecule has 0 N–H and O–H groups in total. The molecule has 0 aromatic heterocycles. The fraction of sp³-hybridized carbons (Fsp3) is 0.111. The topological polar surface area (TPSA) is 9.23 Å². The SMILES string of the molecule is COc1ccc(Cl)c(/C=C/[B-](F)(F)F)c1. The molecule has 0 saturated carbocycles. The van der Waals surface area contributed by atoms with Gasteiger partial charge in [-0.1, -0.05) is 17.7 Å². The summed E-state index contributed by atoms with van der Waals surface area (Å²) in [5.41, 5.74) is 0.287. The van der Waals surface area contributed by atoms with Crippen molar-refractivity contribution in [2.24, 2.45) is 0 Å². The molecular formula is C9H8BClF3O-. The van der Waals surface area contributed by atoms with Gasteiger partial charge in [-0.15, -0.1) is 5.98 Å². The van der Waals surface area contributed by atoms with Crippen LogP contribution in [0, 0.1) is 0 Å². The number of halogens is 4. The van der Waals surface area contributed by atoms with Gasteiger partial charge in [0.1, 0.15) is 5.75 Å². The van der Waals surface area contributed by atoms with Gasteiger partial charge in [-0.2, -0.15) is 0 Å². The summed E-state index contributed by atoms with van der Waals surface area (Å²) in [5.74, 6) is 0.662. The smallest absolute Gasteiger partial charge is 0.497 e. The van der Waals surface area contributed by atoms with Crippen LogP contribution in [0.4, 0.5) is 12.9 Å². The number of rotatable bonds is 3. The fourth-order valence-corrected chi connectivity index (χ4v) is 1.17. The molecule has 0 amide bonds. The van der Waals surface area contributed by atoms with E-state index in [4.69, 9.17) is 16.3 Å². The first-order chi connectivity index (χ1) is 6.92. The van der Waals surface area contributed by atoms with Gasteiger partial charge < -0.3 is 17.7 Å².